The minimum Gasteiger partial charge on any atom is -0.493 e. The number of benzene rings is 2. The van der Waals surface area contributed by atoms with Crippen LogP contribution in [0.1, 0.15) is 24.8 Å². The minimum atomic E-state index is -0.0685. The van der Waals surface area contributed by atoms with Crippen molar-refractivity contribution in [2.45, 2.75) is 25.8 Å². The Morgan fingerprint density at radius 2 is 1.67 bits per heavy atom. The van der Waals surface area contributed by atoms with Crippen molar-refractivity contribution in [3.63, 3.8) is 0 Å². The first-order valence-electron chi connectivity index (χ1n) is 9.51. The zero-order valence-electron chi connectivity index (χ0n) is 16.2. The predicted molar refractivity (Wildman–Crippen MR) is 107 cm³/mol. The number of anilines is 1. The molecule has 0 aliphatic carbocycles. The smallest absolute Gasteiger partial charge is 0.260 e. The molecule has 2 aromatic carbocycles. The topological polar surface area (TPSA) is 42.0 Å². The van der Waals surface area contributed by atoms with E-state index >= 15 is 0 Å². The molecule has 1 heterocycles. The third-order valence-electron chi connectivity index (χ3n) is 4.92. The Morgan fingerprint density at radius 3 is 2.33 bits per heavy atom. The van der Waals surface area contributed by atoms with Gasteiger partial charge in [0.2, 0.25) is 0 Å². The number of likely N-dealkylation sites (N-methyl/N-ethyl adjacent to an activating group) is 1. The summed E-state index contributed by atoms with van der Waals surface area (Å²) in [5.41, 5.74) is 2.39. The standard InChI is InChI=1S/C22H28N2O3/c1-23(22(25)17-27-21-9-5-4-8-20(21)26-2)16-18-10-12-19(13-11-18)24-14-6-3-7-15-24/h4-5,8-13H,3,6-7,14-17H2,1-2H3. The summed E-state index contributed by atoms with van der Waals surface area (Å²) < 4.78 is 10.9. The van der Waals surface area contributed by atoms with Gasteiger partial charge in [0.25, 0.3) is 5.91 Å². The van der Waals surface area contributed by atoms with Crippen LogP contribution >= 0.6 is 0 Å². The molecule has 1 saturated heterocycles. The van der Waals surface area contributed by atoms with Crippen LogP contribution in [-0.2, 0) is 11.3 Å². The summed E-state index contributed by atoms with van der Waals surface area (Å²) >= 11 is 0. The van der Waals surface area contributed by atoms with Gasteiger partial charge in [0, 0.05) is 32.4 Å². The molecular formula is C22H28N2O3. The van der Waals surface area contributed by atoms with Crippen molar-refractivity contribution in [3.8, 4) is 11.5 Å². The summed E-state index contributed by atoms with van der Waals surface area (Å²) in [4.78, 5) is 16.5. The number of hydrogen-bond donors (Lipinski definition) is 0. The SMILES string of the molecule is COc1ccccc1OCC(=O)N(C)Cc1ccc(N2CCCCC2)cc1. The highest BCUT2D eigenvalue weighted by Crippen LogP contribution is 2.25. The van der Waals surface area contributed by atoms with Gasteiger partial charge in [-0.15, -0.1) is 0 Å². The first kappa shape index (κ1) is 19.1. The van der Waals surface area contributed by atoms with E-state index in [1.54, 1.807) is 25.1 Å². The van der Waals surface area contributed by atoms with E-state index in [4.69, 9.17) is 9.47 Å². The van der Waals surface area contributed by atoms with Gasteiger partial charge in [-0.2, -0.15) is 0 Å². The second-order valence-electron chi connectivity index (χ2n) is 6.90. The van der Waals surface area contributed by atoms with Crippen LogP contribution in [0.5, 0.6) is 11.5 Å². The average Bonchev–Trinajstić information content (AvgIpc) is 2.73. The molecule has 0 radical (unpaired) electrons. The number of carbonyl (C=O) groups excluding carboxylic acids is 1. The Bertz CT molecular complexity index is 739. The lowest BCUT2D eigenvalue weighted by molar-refractivity contribution is -0.132. The van der Waals surface area contributed by atoms with Crippen molar-refractivity contribution in [1.82, 2.24) is 4.90 Å². The molecule has 1 amide bonds. The number of amides is 1. The maximum absolute atomic E-state index is 12.4. The van der Waals surface area contributed by atoms with Gasteiger partial charge >= 0.3 is 0 Å². The quantitative estimate of drug-likeness (QED) is 0.747. The molecule has 1 aliphatic rings. The van der Waals surface area contributed by atoms with Gasteiger partial charge < -0.3 is 19.3 Å². The summed E-state index contributed by atoms with van der Waals surface area (Å²) in [5.74, 6) is 1.13. The second-order valence-corrected chi connectivity index (χ2v) is 6.90. The van der Waals surface area contributed by atoms with E-state index in [1.807, 2.05) is 18.2 Å². The van der Waals surface area contributed by atoms with Crippen molar-refractivity contribution in [2.24, 2.45) is 0 Å². The van der Waals surface area contributed by atoms with Gasteiger partial charge in [-0.25, -0.2) is 0 Å². The summed E-state index contributed by atoms with van der Waals surface area (Å²) in [5, 5.41) is 0. The molecule has 5 nitrogen and oxygen atoms in total. The summed E-state index contributed by atoms with van der Waals surface area (Å²) in [6, 6.07) is 15.9. The lowest BCUT2D eigenvalue weighted by Crippen LogP contribution is -2.31. The van der Waals surface area contributed by atoms with Crippen LogP contribution < -0.4 is 14.4 Å². The van der Waals surface area contributed by atoms with Crippen molar-refractivity contribution in [2.75, 3.05) is 38.8 Å². The first-order valence-corrected chi connectivity index (χ1v) is 9.51. The highest BCUT2D eigenvalue weighted by Gasteiger charge is 2.13. The van der Waals surface area contributed by atoms with E-state index in [0.717, 1.165) is 18.7 Å². The van der Waals surface area contributed by atoms with Crippen LogP contribution in [0.2, 0.25) is 0 Å². The molecule has 0 aromatic heterocycles. The molecule has 2 aromatic rings. The van der Waals surface area contributed by atoms with Crippen LogP contribution in [0, 0.1) is 0 Å². The molecule has 1 aliphatic heterocycles. The number of piperidine rings is 1. The molecule has 3 rings (SSSR count). The number of carbonyl (C=O) groups is 1. The molecule has 0 atom stereocenters. The summed E-state index contributed by atoms with van der Waals surface area (Å²) in [7, 11) is 3.39. The Kier molecular flexibility index (Phi) is 6.58. The van der Waals surface area contributed by atoms with Crippen molar-refractivity contribution in [3.05, 3.63) is 54.1 Å². The van der Waals surface area contributed by atoms with Crippen molar-refractivity contribution >= 4 is 11.6 Å². The fraction of sp³-hybridized carbons (Fsp3) is 0.409. The third-order valence-corrected chi connectivity index (χ3v) is 4.92. The lowest BCUT2D eigenvalue weighted by atomic mass is 10.1. The zero-order valence-corrected chi connectivity index (χ0v) is 16.2. The Hall–Kier alpha value is -2.69. The number of hydrogen-bond acceptors (Lipinski definition) is 4. The van der Waals surface area contributed by atoms with Crippen LogP contribution in [0.15, 0.2) is 48.5 Å². The molecule has 0 bridgehead atoms. The van der Waals surface area contributed by atoms with Crippen molar-refractivity contribution in [1.29, 1.82) is 0 Å². The van der Waals surface area contributed by atoms with Crippen molar-refractivity contribution < 1.29 is 14.3 Å². The zero-order chi connectivity index (χ0) is 19.1. The molecule has 0 saturated carbocycles. The van der Waals surface area contributed by atoms with E-state index in [-0.39, 0.29) is 12.5 Å². The maximum Gasteiger partial charge on any atom is 0.260 e. The third kappa shape index (κ3) is 5.16. The number of methoxy groups -OCH3 is 1. The molecule has 27 heavy (non-hydrogen) atoms. The van der Waals surface area contributed by atoms with E-state index in [1.165, 1.54) is 24.9 Å². The van der Waals surface area contributed by atoms with E-state index in [9.17, 15) is 4.79 Å². The van der Waals surface area contributed by atoms with E-state index in [0.29, 0.717) is 18.0 Å². The van der Waals surface area contributed by atoms with Gasteiger partial charge in [0.15, 0.2) is 18.1 Å². The molecule has 0 spiro atoms. The highest BCUT2D eigenvalue weighted by atomic mass is 16.5. The number of ether oxygens (including phenoxy) is 2. The summed E-state index contributed by atoms with van der Waals surface area (Å²) in [6.07, 6.45) is 3.87. The first-order chi connectivity index (χ1) is 13.2. The second kappa shape index (κ2) is 9.31. The van der Waals surface area contributed by atoms with Crippen LogP contribution in [0.4, 0.5) is 5.69 Å². The van der Waals surface area contributed by atoms with Gasteiger partial charge in [0.1, 0.15) is 0 Å². The molecular weight excluding hydrogens is 340 g/mol. The van der Waals surface area contributed by atoms with E-state index in [2.05, 4.69) is 29.2 Å². The fourth-order valence-electron chi connectivity index (χ4n) is 3.31. The molecule has 1 fully saturated rings. The number of para-hydroxylation sites is 2. The van der Waals surface area contributed by atoms with Crippen LogP contribution in [0.3, 0.4) is 0 Å². The predicted octanol–water partition coefficient (Wildman–Crippen LogP) is 3.72. The number of nitrogens with zero attached hydrogens (tertiary/aromatic N) is 2. The van der Waals surface area contributed by atoms with Crippen LogP contribution in [0.25, 0.3) is 0 Å². The Labute approximate surface area is 161 Å². The maximum atomic E-state index is 12.4. The molecule has 144 valence electrons. The molecule has 0 unspecified atom stereocenters. The van der Waals surface area contributed by atoms with Gasteiger partial charge in [-0.3, -0.25) is 4.79 Å². The lowest BCUT2D eigenvalue weighted by Gasteiger charge is -2.29. The fourth-order valence-corrected chi connectivity index (χ4v) is 3.31. The number of rotatable bonds is 7. The van der Waals surface area contributed by atoms with Gasteiger partial charge in [-0.05, 0) is 49.1 Å². The molecule has 0 N–H and O–H groups in total. The highest BCUT2D eigenvalue weighted by molar-refractivity contribution is 5.77. The monoisotopic (exact) mass is 368 g/mol. The average molecular weight is 368 g/mol. The minimum absolute atomic E-state index is 0.0112. The van der Waals surface area contributed by atoms with Gasteiger partial charge in [-0.1, -0.05) is 24.3 Å². The normalized spacial score (nSPS) is 13.9. The van der Waals surface area contributed by atoms with E-state index < -0.39 is 0 Å². The van der Waals surface area contributed by atoms with Crippen LogP contribution in [-0.4, -0.2) is 44.7 Å². The summed E-state index contributed by atoms with van der Waals surface area (Å²) in [6.45, 7) is 2.83. The largest absolute Gasteiger partial charge is 0.493 e. The Balaban J connectivity index is 1.51. The Morgan fingerprint density at radius 1 is 1.00 bits per heavy atom. The molecule has 5 heteroatoms. The van der Waals surface area contributed by atoms with Gasteiger partial charge in [0.05, 0.1) is 7.11 Å².